The summed E-state index contributed by atoms with van der Waals surface area (Å²) in [5.74, 6) is 0. The van der Waals surface area contributed by atoms with Crippen molar-refractivity contribution in [3.05, 3.63) is 261 Å². The first-order valence-electron chi connectivity index (χ1n) is 21.7. The maximum absolute atomic E-state index is 2.39. The van der Waals surface area contributed by atoms with Gasteiger partial charge in [-0.05, 0) is 137 Å². The largest absolute Gasteiger partial charge is 0.310 e. The van der Waals surface area contributed by atoms with Crippen molar-refractivity contribution >= 4 is 38.6 Å². The second-order valence-corrected chi connectivity index (χ2v) is 16.1. The Balaban J connectivity index is 1.04. The average Bonchev–Trinajstić information content (AvgIpc) is 3.37. The molecule has 0 spiro atoms. The molecular formula is C62H43N. The van der Waals surface area contributed by atoms with Gasteiger partial charge in [0.05, 0.1) is 0 Å². The molecule has 0 bridgehead atoms. The van der Waals surface area contributed by atoms with Gasteiger partial charge in [-0.3, -0.25) is 0 Å². The van der Waals surface area contributed by atoms with Gasteiger partial charge in [0.25, 0.3) is 0 Å². The molecule has 0 saturated heterocycles. The highest BCUT2D eigenvalue weighted by atomic mass is 15.1. The zero-order chi connectivity index (χ0) is 42.0. The van der Waals surface area contributed by atoms with E-state index >= 15 is 0 Å². The van der Waals surface area contributed by atoms with Crippen LogP contribution in [0, 0.1) is 0 Å². The molecule has 11 aromatic carbocycles. The van der Waals surface area contributed by atoms with Crippen LogP contribution in [0.2, 0.25) is 0 Å². The number of anilines is 3. The van der Waals surface area contributed by atoms with E-state index in [-0.39, 0.29) is 0 Å². The molecule has 1 nitrogen and oxygen atoms in total. The van der Waals surface area contributed by atoms with Crippen molar-refractivity contribution in [2.75, 3.05) is 4.90 Å². The van der Waals surface area contributed by atoms with Crippen LogP contribution in [0.3, 0.4) is 0 Å². The summed E-state index contributed by atoms with van der Waals surface area (Å²) in [4.78, 5) is 2.39. The molecule has 0 amide bonds. The highest BCUT2D eigenvalue weighted by Crippen LogP contribution is 2.42. The van der Waals surface area contributed by atoms with Crippen molar-refractivity contribution < 1.29 is 0 Å². The van der Waals surface area contributed by atoms with Crippen LogP contribution in [0.25, 0.3) is 88.3 Å². The van der Waals surface area contributed by atoms with Crippen LogP contribution in [0.1, 0.15) is 0 Å². The van der Waals surface area contributed by atoms with Crippen LogP contribution in [0.4, 0.5) is 17.1 Å². The van der Waals surface area contributed by atoms with Gasteiger partial charge in [0.15, 0.2) is 0 Å². The van der Waals surface area contributed by atoms with Gasteiger partial charge in [-0.2, -0.15) is 0 Å². The quantitative estimate of drug-likeness (QED) is 0.131. The fourth-order valence-electron chi connectivity index (χ4n) is 9.09. The van der Waals surface area contributed by atoms with E-state index in [1.54, 1.807) is 0 Å². The van der Waals surface area contributed by atoms with Crippen LogP contribution < -0.4 is 4.90 Å². The first kappa shape index (κ1) is 37.7. The van der Waals surface area contributed by atoms with Gasteiger partial charge >= 0.3 is 0 Å². The molecule has 0 aliphatic heterocycles. The lowest BCUT2D eigenvalue weighted by molar-refractivity contribution is 1.29. The minimum absolute atomic E-state index is 1.09. The molecule has 11 rings (SSSR count). The fourth-order valence-corrected chi connectivity index (χ4v) is 9.09. The van der Waals surface area contributed by atoms with Gasteiger partial charge in [0, 0.05) is 17.1 Å². The van der Waals surface area contributed by atoms with Gasteiger partial charge in [-0.15, -0.1) is 0 Å². The van der Waals surface area contributed by atoms with Crippen molar-refractivity contribution in [1.82, 2.24) is 0 Å². The Kier molecular flexibility index (Phi) is 9.97. The number of fused-ring (bicyclic) bond motifs is 3. The third-order valence-corrected chi connectivity index (χ3v) is 12.3. The fraction of sp³-hybridized carbons (Fsp3) is 0. The van der Waals surface area contributed by atoms with Gasteiger partial charge in [0.1, 0.15) is 0 Å². The summed E-state index contributed by atoms with van der Waals surface area (Å²) in [6.45, 7) is 0. The molecule has 1 heteroatoms. The Hall–Kier alpha value is -8.26. The zero-order valence-electron chi connectivity index (χ0n) is 34.8. The molecule has 0 heterocycles. The predicted molar refractivity (Wildman–Crippen MR) is 269 cm³/mol. The summed E-state index contributed by atoms with van der Waals surface area (Å²) >= 11 is 0. The lowest BCUT2D eigenvalue weighted by atomic mass is 9.90. The molecule has 0 radical (unpaired) electrons. The van der Waals surface area contributed by atoms with Crippen molar-refractivity contribution in [3.8, 4) is 66.8 Å². The summed E-state index contributed by atoms with van der Waals surface area (Å²) in [6, 6.07) is 94.7. The summed E-state index contributed by atoms with van der Waals surface area (Å²) < 4.78 is 0. The molecule has 0 N–H and O–H groups in total. The third kappa shape index (κ3) is 7.47. The molecule has 0 fully saturated rings. The second kappa shape index (κ2) is 16.7. The van der Waals surface area contributed by atoms with Gasteiger partial charge in [-0.1, -0.05) is 212 Å². The van der Waals surface area contributed by atoms with E-state index in [9.17, 15) is 0 Å². The maximum Gasteiger partial charge on any atom is 0.0468 e. The van der Waals surface area contributed by atoms with E-state index in [0.717, 1.165) is 17.1 Å². The Morgan fingerprint density at radius 3 is 1.05 bits per heavy atom. The zero-order valence-corrected chi connectivity index (χ0v) is 34.8. The van der Waals surface area contributed by atoms with Crippen LogP contribution >= 0.6 is 0 Å². The molecule has 0 aliphatic rings. The lowest BCUT2D eigenvalue weighted by Crippen LogP contribution is -2.10. The monoisotopic (exact) mass is 801 g/mol. The second-order valence-electron chi connectivity index (χ2n) is 16.1. The first-order chi connectivity index (χ1) is 31.2. The number of nitrogens with zero attached hydrogens (tertiary/aromatic N) is 1. The Labute approximate surface area is 369 Å². The minimum Gasteiger partial charge on any atom is -0.310 e. The number of hydrogen-bond donors (Lipinski definition) is 0. The number of rotatable bonds is 9. The normalized spacial score (nSPS) is 11.2. The SMILES string of the molecule is c1ccc(-c2ccc(-c3ccccc3)c(-c3ccc(N(c4ccc(-c5cc(-c6ccccc6)ccc5-c5ccccc5)cc4)c4ccc5c(ccc6ccccc65)c4)cc3)c2)cc1. The Morgan fingerprint density at radius 2 is 0.556 bits per heavy atom. The van der Waals surface area contributed by atoms with E-state index in [2.05, 4.69) is 266 Å². The number of benzene rings is 11. The summed E-state index contributed by atoms with van der Waals surface area (Å²) in [5, 5.41) is 4.97. The van der Waals surface area contributed by atoms with Crippen molar-refractivity contribution in [2.45, 2.75) is 0 Å². The van der Waals surface area contributed by atoms with Crippen LogP contribution in [-0.2, 0) is 0 Å². The van der Waals surface area contributed by atoms with Crippen LogP contribution in [0.5, 0.6) is 0 Å². The summed E-state index contributed by atoms with van der Waals surface area (Å²) in [6.07, 6.45) is 0. The van der Waals surface area contributed by atoms with Crippen LogP contribution in [0.15, 0.2) is 261 Å². The maximum atomic E-state index is 2.39. The highest BCUT2D eigenvalue weighted by Gasteiger charge is 2.17. The molecule has 0 unspecified atom stereocenters. The van der Waals surface area contributed by atoms with Gasteiger partial charge in [0.2, 0.25) is 0 Å². The van der Waals surface area contributed by atoms with Gasteiger partial charge < -0.3 is 4.90 Å². The Morgan fingerprint density at radius 1 is 0.190 bits per heavy atom. The van der Waals surface area contributed by atoms with Crippen molar-refractivity contribution in [1.29, 1.82) is 0 Å². The first-order valence-corrected chi connectivity index (χ1v) is 21.7. The molecule has 11 aromatic rings. The van der Waals surface area contributed by atoms with Crippen molar-refractivity contribution in [3.63, 3.8) is 0 Å². The average molecular weight is 802 g/mol. The van der Waals surface area contributed by atoms with Crippen LogP contribution in [-0.4, -0.2) is 0 Å². The minimum atomic E-state index is 1.09. The van der Waals surface area contributed by atoms with Gasteiger partial charge in [-0.25, -0.2) is 0 Å². The smallest absolute Gasteiger partial charge is 0.0468 e. The molecule has 63 heavy (non-hydrogen) atoms. The van der Waals surface area contributed by atoms with E-state index in [1.165, 1.54) is 88.3 Å². The van der Waals surface area contributed by atoms with E-state index in [4.69, 9.17) is 0 Å². The molecule has 0 saturated carbocycles. The lowest BCUT2D eigenvalue weighted by Gasteiger charge is -2.27. The number of hydrogen-bond acceptors (Lipinski definition) is 1. The summed E-state index contributed by atoms with van der Waals surface area (Å²) in [7, 11) is 0. The summed E-state index contributed by atoms with van der Waals surface area (Å²) in [5.41, 5.74) is 17.6. The Bertz CT molecular complexity index is 3170. The highest BCUT2D eigenvalue weighted by molar-refractivity contribution is 6.08. The predicted octanol–water partition coefficient (Wildman–Crippen LogP) is 17.5. The topological polar surface area (TPSA) is 3.24 Å². The van der Waals surface area contributed by atoms with E-state index in [1.807, 2.05) is 0 Å². The molecule has 0 atom stereocenters. The molecule has 296 valence electrons. The molecular weight excluding hydrogens is 759 g/mol. The van der Waals surface area contributed by atoms with E-state index in [0.29, 0.717) is 0 Å². The van der Waals surface area contributed by atoms with Crippen molar-refractivity contribution in [2.24, 2.45) is 0 Å². The molecule has 0 aromatic heterocycles. The third-order valence-electron chi connectivity index (χ3n) is 12.3. The standard InChI is InChI=1S/C62H43N/c1-5-15-44(16-6-1)51-31-38-58(46-19-9-3-10-20-46)61(42-51)49-27-33-54(34-28-49)63(56-37-40-60-53(41-56)26-25-48-23-13-14-24-57(48)60)55-35-29-50(30-36-55)62-43-52(45-17-7-2-8-18-45)32-39-59(62)47-21-11-4-12-22-47/h1-43H. The van der Waals surface area contributed by atoms with E-state index < -0.39 is 0 Å². The molecule has 0 aliphatic carbocycles.